The topological polar surface area (TPSA) is 20.3 Å². The fourth-order valence-electron chi connectivity index (χ4n) is 2.96. The van der Waals surface area contributed by atoms with E-state index < -0.39 is 17.1 Å². The van der Waals surface area contributed by atoms with Gasteiger partial charge in [-0.15, -0.1) is 11.6 Å². The highest BCUT2D eigenvalue weighted by Gasteiger charge is 2.30. The van der Waals surface area contributed by atoms with Gasteiger partial charge in [0.05, 0.1) is 5.56 Å². The number of carbonyl (C=O) groups is 1. The lowest BCUT2D eigenvalue weighted by molar-refractivity contribution is -0.137. The molecule has 0 bridgehead atoms. The van der Waals surface area contributed by atoms with Crippen LogP contribution >= 0.6 is 11.6 Å². The van der Waals surface area contributed by atoms with Crippen molar-refractivity contribution in [1.82, 2.24) is 4.90 Å². The van der Waals surface area contributed by atoms with Gasteiger partial charge in [-0.1, -0.05) is 72.8 Å². The van der Waals surface area contributed by atoms with Gasteiger partial charge >= 0.3 is 6.18 Å². The van der Waals surface area contributed by atoms with Gasteiger partial charge in [-0.25, -0.2) is 0 Å². The third-order valence-corrected chi connectivity index (χ3v) is 4.93. The van der Waals surface area contributed by atoms with E-state index in [4.69, 9.17) is 11.6 Å². The van der Waals surface area contributed by atoms with Crippen LogP contribution in [0, 0.1) is 0 Å². The van der Waals surface area contributed by atoms with E-state index >= 15 is 0 Å². The third kappa shape index (κ3) is 5.61. The quantitative estimate of drug-likeness (QED) is 0.436. The van der Waals surface area contributed by atoms with Gasteiger partial charge in [0.25, 0.3) is 0 Å². The average Bonchev–Trinajstić information content (AvgIpc) is 2.73. The van der Waals surface area contributed by atoms with Gasteiger partial charge in [0.2, 0.25) is 5.91 Å². The largest absolute Gasteiger partial charge is 0.416 e. The zero-order chi connectivity index (χ0) is 20.9. The lowest BCUT2D eigenvalue weighted by Crippen LogP contribution is -2.32. The van der Waals surface area contributed by atoms with E-state index in [2.05, 4.69) is 0 Å². The Morgan fingerprint density at radius 3 is 1.79 bits per heavy atom. The summed E-state index contributed by atoms with van der Waals surface area (Å²) < 4.78 is 38.4. The fraction of sp³-hybridized carbons (Fsp3) is 0.174. The first kappa shape index (κ1) is 20.9. The average molecular weight is 418 g/mol. The lowest BCUT2D eigenvalue weighted by atomic mass is 10.1. The van der Waals surface area contributed by atoms with Gasteiger partial charge in [0.15, 0.2) is 0 Å². The first-order chi connectivity index (χ1) is 13.8. The Kier molecular flexibility index (Phi) is 6.60. The highest BCUT2D eigenvalue weighted by Crippen LogP contribution is 2.30. The van der Waals surface area contributed by atoms with Crippen LogP contribution in [-0.4, -0.2) is 10.8 Å². The summed E-state index contributed by atoms with van der Waals surface area (Å²) >= 11 is 6.43. The van der Waals surface area contributed by atoms with Crippen LogP contribution in [0.2, 0.25) is 0 Å². The summed E-state index contributed by atoms with van der Waals surface area (Å²) in [6.45, 7) is 0.457. The minimum Gasteiger partial charge on any atom is -0.332 e. The van der Waals surface area contributed by atoms with Crippen LogP contribution in [0.5, 0.6) is 0 Å². The molecule has 1 amide bonds. The number of hydrogen-bond donors (Lipinski definition) is 0. The Bertz CT molecular complexity index is 928. The SMILES string of the molecule is O=C(C(Cl)c1ccccc1)N(Cc1ccccc1)Cc1ccc(C(F)(F)F)cc1. The fourth-order valence-corrected chi connectivity index (χ4v) is 3.24. The van der Waals surface area contributed by atoms with Crippen molar-refractivity contribution in [3.63, 3.8) is 0 Å². The van der Waals surface area contributed by atoms with E-state index in [9.17, 15) is 18.0 Å². The van der Waals surface area contributed by atoms with Crippen LogP contribution in [0.4, 0.5) is 13.2 Å². The molecule has 29 heavy (non-hydrogen) atoms. The number of rotatable bonds is 6. The third-order valence-electron chi connectivity index (χ3n) is 4.49. The van der Waals surface area contributed by atoms with Crippen molar-refractivity contribution >= 4 is 17.5 Å². The predicted octanol–water partition coefficient (Wildman–Crippen LogP) is 6.21. The normalized spacial score (nSPS) is 12.4. The number of carbonyl (C=O) groups excluding carboxylic acids is 1. The van der Waals surface area contributed by atoms with Crippen molar-refractivity contribution in [2.75, 3.05) is 0 Å². The molecule has 0 aromatic heterocycles. The highest BCUT2D eigenvalue weighted by atomic mass is 35.5. The maximum absolute atomic E-state index is 13.1. The van der Waals surface area contributed by atoms with Crippen molar-refractivity contribution in [2.45, 2.75) is 24.6 Å². The molecule has 1 atom stereocenters. The van der Waals surface area contributed by atoms with Crippen molar-refractivity contribution < 1.29 is 18.0 Å². The van der Waals surface area contributed by atoms with E-state index in [1.54, 1.807) is 29.2 Å². The highest BCUT2D eigenvalue weighted by molar-refractivity contribution is 6.30. The van der Waals surface area contributed by atoms with Crippen LogP contribution in [0.1, 0.15) is 27.6 Å². The van der Waals surface area contributed by atoms with Crippen molar-refractivity contribution in [1.29, 1.82) is 0 Å². The Morgan fingerprint density at radius 1 is 0.793 bits per heavy atom. The molecule has 3 aromatic carbocycles. The molecule has 0 saturated heterocycles. The molecule has 3 rings (SSSR count). The summed E-state index contributed by atoms with van der Waals surface area (Å²) in [4.78, 5) is 14.7. The van der Waals surface area contributed by atoms with Crippen molar-refractivity contribution in [3.05, 3.63) is 107 Å². The van der Waals surface area contributed by atoms with E-state index in [-0.39, 0.29) is 12.5 Å². The van der Waals surface area contributed by atoms with Gasteiger partial charge in [-0.05, 0) is 28.8 Å². The number of halogens is 4. The monoisotopic (exact) mass is 417 g/mol. The molecule has 0 aliphatic rings. The number of hydrogen-bond acceptors (Lipinski definition) is 1. The molecule has 1 unspecified atom stereocenters. The molecule has 0 radical (unpaired) electrons. The minimum atomic E-state index is -4.40. The Balaban J connectivity index is 1.83. The number of nitrogens with zero attached hydrogens (tertiary/aromatic N) is 1. The molecule has 150 valence electrons. The molecular weight excluding hydrogens is 399 g/mol. The van der Waals surface area contributed by atoms with Gasteiger partial charge in [0, 0.05) is 13.1 Å². The van der Waals surface area contributed by atoms with Gasteiger partial charge in [-0.3, -0.25) is 4.79 Å². The first-order valence-electron chi connectivity index (χ1n) is 9.02. The van der Waals surface area contributed by atoms with Crippen LogP contribution in [-0.2, 0) is 24.1 Å². The zero-order valence-electron chi connectivity index (χ0n) is 15.4. The van der Waals surface area contributed by atoms with E-state index in [1.165, 1.54) is 12.1 Å². The number of benzene rings is 3. The maximum atomic E-state index is 13.1. The Morgan fingerprint density at radius 2 is 1.28 bits per heavy atom. The molecule has 0 fully saturated rings. The van der Waals surface area contributed by atoms with Crippen LogP contribution in [0.15, 0.2) is 84.9 Å². The summed E-state index contributed by atoms with van der Waals surface area (Å²) in [6.07, 6.45) is -4.40. The van der Waals surface area contributed by atoms with E-state index in [1.807, 2.05) is 36.4 Å². The first-order valence-corrected chi connectivity index (χ1v) is 9.46. The molecule has 6 heteroatoms. The van der Waals surface area contributed by atoms with E-state index in [0.717, 1.165) is 17.7 Å². The summed E-state index contributed by atoms with van der Waals surface area (Å²) in [5, 5.41) is -0.880. The maximum Gasteiger partial charge on any atom is 0.416 e. The summed E-state index contributed by atoms with van der Waals surface area (Å²) in [5.74, 6) is -0.304. The van der Waals surface area contributed by atoms with Crippen LogP contribution in [0.25, 0.3) is 0 Å². The summed E-state index contributed by atoms with van der Waals surface area (Å²) in [5.41, 5.74) is 1.45. The Labute approximate surface area is 172 Å². The van der Waals surface area contributed by atoms with Gasteiger partial charge in [0.1, 0.15) is 5.38 Å². The van der Waals surface area contributed by atoms with E-state index in [0.29, 0.717) is 17.7 Å². The standard InChI is InChI=1S/C23H19ClF3NO/c24-21(19-9-5-2-6-10-19)22(29)28(15-17-7-3-1-4-8-17)16-18-11-13-20(14-12-18)23(25,26)27/h1-14,21H,15-16H2. The van der Waals surface area contributed by atoms with Crippen LogP contribution in [0.3, 0.4) is 0 Å². The summed E-state index contributed by atoms with van der Waals surface area (Å²) in [6, 6.07) is 23.2. The minimum absolute atomic E-state index is 0.155. The van der Waals surface area contributed by atoms with Crippen LogP contribution < -0.4 is 0 Å². The van der Waals surface area contributed by atoms with Gasteiger partial charge in [-0.2, -0.15) is 13.2 Å². The predicted molar refractivity (Wildman–Crippen MR) is 107 cm³/mol. The number of alkyl halides is 4. The molecule has 2 nitrogen and oxygen atoms in total. The Hall–Kier alpha value is -2.79. The molecule has 3 aromatic rings. The molecular formula is C23H19ClF3NO. The molecule has 0 heterocycles. The smallest absolute Gasteiger partial charge is 0.332 e. The molecule has 0 aliphatic heterocycles. The second-order valence-electron chi connectivity index (χ2n) is 6.65. The van der Waals surface area contributed by atoms with Crippen molar-refractivity contribution in [2.24, 2.45) is 0 Å². The molecule has 0 aliphatic carbocycles. The molecule has 0 spiro atoms. The van der Waals surface area contributed by atoms with Crippen molar-refractivity contribution in [3.8, 4) is 0 Å². The number of amides is 1. The zero-order valence-corrected chi connectivity index (χ0v) is 16.2. The van der Waals surface area contributed by atoms with Gasteiger partial charge < -0.3 is 4.90 Å². The molecule has 0 saturated carbocycles. The lowest BCUT2D eigenvalue weighted by Gasteiger charge is -2.26. The second kappa shape index (κ2) is 9.14. The molecule has 0 N–H and O–H groups in total. The second-order valence-corrected chi connectivity index (χ2v) is 7.08. The summed E-state index contributed by atoms with van der Waals surface area (Å²) in [7, 11) is 0.